The van der Waals surface area contributed by atoms with E-state index in [0.717, 1.165) is 6.54 Å². The van der Waals surface area contributed by atoms with Crippen molar-refractivity contribution in [3.63, 3.8) is 0 Å². The van der Waals surface area contributed by atoms with Crippen LogP contribution in [0.1, 0.15) is 43.1 Å². The van der Waals surface area contributed by atoms with Gasteiger partial charge in [0.05, 0.1) is 0 Å². The highest BCUT2D eigenvalue weighted by Crippen LogP contribution is 2.33. The van der Waals surface area contributed by atoms with E-state index in [9.17, 15) is 0 Å². The van der Waals surface area contributed by atoms with Crippen molar-refractivity contribution in [3.05, 3.63) is 52.0 Å². The van der Waals surface area contributed by atoms with E-state index in [0.29, 0.717) is 6.04 Å². The molecule has 2 aromatic rings. The Kier molecular flexibility index (Phi) is 4.38. The zero-order valence-corrected chi connectivity index (χ0v) is 12.9. The molecule has 102 valence electrons. The molecule has 1 N–H and O–H groups in total. The molecule has 0 aliphatic heterocycles. The van der Waals surface area contributed by atoms with Crippen LogP contribution in [-0.2, 0) is 12.0 Å². The minimum Gasteiger partial charge on any atom is -0.310 e. The molecule has 0 aliphatic carbocycles. The highest BCUT2D eigenvalue weighted by atomic mass is 32.1. The van der Waals surface area contributed by atoms with Crippen molar-refractivity contribution in [1.82, 2.24) is 10.3 Å². The minimum absolute atomic E-state index is 0.0258. The lowest BCUT2D eigenvalue weighted by Crippen LogP contribution is -2.21. The van der Waals surface area contributed by atoms with Crippen LogP contribution in [0.3, 0.4) is 0 Å². The van der Waals surface area contributed by atoms with E-state index in [4.69, 9.17) is 0 Å². The molecule has 0 bridgehead atoms. The lowest BCUT2D eigenvalue weighted by molar-refractivity contribution is 0.592. The molecule has 0 spiro atoms. The van der Waals surface area contributed by atoms with Crippen molar-refractivity contribution < 1.29 is 0 Å². The Hall–Kier alpha value is -1.19. The zero-order chi connectivity index (χ0) is 13.9. The minimum atomic E-state index is -0.0258. The molecule has 1 heterocycles. The number of hydrogen-bond donors (Lipinski definition) is 1. The lowest BCUT2D eigenvalue weighted by Gasteiger charge is -2.22. The van der Waals surface area contributed by atoms with E-state index in [1.165, 1.54) is 15.4 Å². The molecule has 19 heavy (non-hydrogen) atoms. The summed E-state index contributed by atoms with van der Waals surface area (Å²) in [5.74, 6) is 0. The molecular weight excluding hydrogens is 252 g/mol. The Bertz CT molecular complexity index is 515. The molecule has 3 heteroatoms. The van der Waals surface area contributed by atoms with Crippen molar-refractivity contribution in [2.75, 3.05) is 0 Å². The fourth-order valence-electron chi connectivity index (χ4n) is 1.96. The van der Waals surface area contributed by atoms with E-state index < -0.39 is 0 Å². The van der Waals surface area contributed by atoms with Crippen LogP contribution in [0.4, 0.5) is 0 Å². The summed E-state index contributed by atoms with van der Waals surface area (Å²) in [7, 11) is 0. The third-order valence-corrected chi connectivity index (χ3v) is 4.59. The smallest absolute Gasteiger partial charge is 0.103 e. The fraction of sp³-hybridized carbons (Fsp3) is 0.438. The predicted octanol–water partition coefficient (Wildman–Crippen LogP) is 3.97. The number of nitrogens with zero attached hydrogens (tertiary/aromatic N) is 1. The highest BCUT2D eigenvalue weighted by Gasteiger charge is 2.26. The Morgan fingerprint density at radius 1 is 1.21 bits per heavy atom. The number of rotatable bonds is 5. The van der Waals surface area contributed by atoms with Crippen LogP contribution in [0.25, 0.3) is 0 Å². The largest absolute Gasteiger partial charge is 0.310 e. The van der Waals surface area contributed by atoms with Gasteiger partial charge in [-0.05, 0) is 19.4 Å². The van der Waals surface area contributed by atoms with Crippen molar-refractivity contribution in [2.24, 2.45) is 0 Å². The van der Waals surface area contributed by atoms with Gasteiger partial charge in [0.1, 0.15) is 5.01 Å². The molecule has 0 unspecified atom stereocenters. The lowest BCUT2D eigenvalue weighted by atomic mass is 9.85. The molecule has 0 amide bonds. The first-order valence-electron chi connectivity index (χ1n) is 6.74. The van der Waals surface area contributed by atoms with Crippen LogP contribution in [0.5, 0.6) is 0 Å². The number of aromatic nitrogens is 1. The second-order valence-corrected chi connectivity index (χ2v) is 6.77. The first-order valence-corrected chi connectivity index (χ1v) is 7.56. The maximum absolute atomic E-state index is 4.62. The van der Waals surface area contributed by atoms with E-state index in [1.807, 2.05) is 6.20 Å². The Balaban J connectivity index is 2.17. The third kappa shape index (κ3) is 3.43. The van der Waals surface area contributed by atoms with Crippen LogP contribution in [0.2, 0.25) is 0 Å². The maximum Gasteiger partial charge on any atom is 0.103 e. The van der Waals surface area contributed by atoms with Crippen LogP contribution >= 0.6 is 11.3 Å². The second-order valence-electron chi connectivity index (χ2n) is 5.66. The normalized spacial score (nSPS) is 12.1. The monoisotopic (exact) mass is 274 g/mol. The van der Waals surface area contributed by atoms with Gasteiger partial charge in [-0.15, -0.1) is 11.3 Å². The van der Waals surface area contributed by atoms with Crippen LogP contribution < -0.4 is 5.32 Å². The van der Waals surface area contributed by atoms with E-state index in [-0.39, 0.29) is 5.41 Å². The number of hydrogen-bond acceptors (Lipinski definition) is 3. The van der Waals surface area contributed by atoms with Gasteiger partial charge < -0.3 is 5.32 Å². The molecule has 0 radical (unpaired) electrons. The predicted molar refractivity (Wildman–Crippen MR) is 82.7 cm³/mol. The van der Waals surface area contributed by atoms with Gasteiger partial charge in [-0.25, -0.2) is 4.98 Å². The summed E-state index contributed by atoms with van der Waals surface area (Å²) in [6, 6.07) is 11.1. The van der Waals surface area contributed by atoms with Gasteiger partial charge in [0.15, 0.2) is 0 Å². The molecular formula is C16H22N2S. The van der Waals surface area contributed by atoms with Gasteiger partial charge in [0, 0.05) is 29.1 Å². The van der Waals surface area contributed by atoms with E-state index in [2.05, 4.69) is 68.3 Å². The average Bonchev–Trinajstić information content (AvgIpc) is 2.87. The summed E-state index contributed by atoms with van der Waals surface area (Å²) >= 11 is 1.80. The first-order chi connectivity index (χ1) is 9.00. The third-order valence-electron chi connectivity index (χ3n) is 3.27. The van der Waals surface area contributed by atoms with Gasteiger partial charge in [0.25, 0.3) is 0 Å². The first kappa shape index (κ1) is 14.2. The van der Waals surface area contributed by atoms with Gasteiger partial charge in [-0.2, -0.15) is 0 Å². The topological polar surface area (TPSA) is 24.9 Å². The van der Waals surface area contributed by atoms with Crippen LogP contribution in [-0.4, -0.2) is 11.0 Å². The summed E-state index contributed by atoms with van der Waals surface area (Å²) in [6.07, 6.45) is 2.00. The van der Waals surface area contributed by atoms with Crippen molar-refractivity contribution in [2.45, 2.75) is 45.7 Å². The van der Waals surface area contributed by atoms with Gasteiger partial charge in [0.2, 0.25) is 0 Å². The van der Waals surface area contributed by atoms with Crippen LogP contribution in [0, 0.1) is 0 Å². The SMILES string of the molecule is CC(C)NCc1cnc(C(C)(C)c2ccccc2)s1. The molecule has 0 fully saturated rings. The quantitative estimate of drug-likeness (QED) is 0.892. The number of nitrogens with one attached hydrogen (secondary N) is 1. The summed E-state index contributed by atoms with van der Waals surface area (Å²) in [6.45, 7) is 9.70. The number of benzene rings is 1. The molecule has 0 aliphatic rings. The standard InChI is InChI=1S/C16H22N2S/c1-12(2)17-10-14-11-18-15(19-14)16(3,4)13-8-6-5-7-9-13/h5-9,11-12,17H,10H2,1-4H3. The van der Waals surface area contributed by atoms with Crippen molar-refractivity contribution >= 4 is 11.3 Å². The average molecular weight is 274 g/mol. The Labute approximate surface area is 119 Å². The van der Waals surface area contributed by atoms with Crippen molar-refractivity contribution in [3.8, 4) is 0 Å². The molecule has 1 aromatic carbocycles. The molecule has 1 aromatic heterocycles. The summed E-state index contributed by atoms with van der Waals surface area (Å²) < 4.78 is 0. The Morgan fingerprint density at radius 3 is 2.53 bits per heavy atom. The highest BCUT2D eigenvalue weighted by molar-refractivity contribution is 7.11. The second kappa shape index (κ2) is 5.85. The van der Waals surface area contributed by atoms with E-state index in [1.54, 1.807) is 11.3 Å². The summed E-state index contributed by atoms with van der Waals surface area (Å²) in [5.41, 5.74) is 1.29. The van der Waals surface area contributed by atoms with Gasteiger partial charge >= 0.3 is 0 Å². The molecule has 0 atom stereocenters. The maximum atomic E-state index is 4.62. The molecule has 0 saturated carbocycles. The van der Waals surface area contributed by atoms with Crippen molar-refractivity contribution in [1.29, 1.82) is 0 Å². The fourth-order valence-corrected chi connectivity index (χ4v) is 2.95. The summed E-state index contributed by atoms with van der Waals surface area (Å²) in [4.78, 5) is 5.92. The zero-order valence-electron chi connectivity index (χ0n) is 12.1. The summed E-state index contributed by atoms with van der Waals surface area (Å²) in [5, 5.41) is 4.62. The van der Waals surface area contributed by atoms with E-state index >= 15 is 0 Å². The van der Waals surface area contributed by atoms with Crippen LogP contribution in [0.15, 0.2) is 36.5 Å². The molecule has 2 nitrogen and oxygen atoms in total. The number of thiazole rings is 1. The van der Waals surface area contributed by atoms with Gasteiger partial charge in [-0.1, -0.05) is 44.2 Å². The Morgan fingerprint density at radius 2 is 1.89 bits per heavy atom. The molecule has 0 saturated heterocycles. The van der Waals surface area contributed by atoms with Gasteiger partial charge in [-0.3, -0.25) is 0 Å². The molecule has 2 rings (SSSR count).